The molecule has 3 aromatic carbocycles. The second-order valence-corrected chi connectivity index (χ2v) is 9.08. The lowest BCUT2D eigenvalue weighted by atomic mass is 10.1. The lowest BCUT2D eigenvalue weighted by molar-refractivity contribution is -0.133. The molecule has 38 heavy (non-hydrogen) atoms. The standard InChI is InChI=1S/C30H35N3O5/c1-36-26-14-13-25(21-28(26)37-2)32-17-19-33(20-18-32)29(34)22-27(24-11-7-4-8-12-24)38-30(35)31-16-15-23-9-5-3-6-10-23/h3-14,21,27H,15-20,22H2,1-2H3,(H,31,35)/t27-/m1/s1. The van der Waals surface area contributed by atoms with E-state index in [1.54, 1.807) is 14.2 Å². The summed E-state index contributed by atoms with van der Waals surface area (Å²) < 4.78 is 16.5. The van der Waals surface area contributed by atoms with Crippen LogP contribution in [0.5, 0.6) is 11.5 Å². The number of ether oxygens (including phenoxy) is 3. The van der Waals surface area contributed by atoms with Crippen LogP contribution in [-0.4, -0.2) is 63.8 Å². The normalized spacial score (nSPS) is 13.9. The second-order valence-electron chi connectivity index (χ2n) is 9.08. The van der Waals surface area contributed by atoms with Gasteiger partial charge in [0, 0.05) is 44.5 Å². The summed E-state index contributed by atoms with van der Waals surface area (Å²) in [6.07, 6.45) is -0.396. The van der Waals surface area contributed by atoms with Crippen LogP contribution in [0.4, 0.5) is 10.5 Å². The van der Waals surface area contributed by atoms with E-state index in [2.05, 4.69) is 10.2 Å². The monoisotopic (exact) mass is 517 g/mol. The Hall–Kier alpha value is -4.20. The molecule has 1 N–H and O–H groups in total. The molecule has 200 valence electrons. The van der Waals surface area contributed by atoms with E-state index in [9.17, 15) is 9.59 Å². The summed E-state index contributed by atoms with van der Waals surface area (Å²) in [5, 5.41) is 2.81. The molecule has 1 atom stereocenters. The lowest BCUT2D eigenvalue weighted by Crippen LogP contribution is -2.49. The van der Waals surface area contributed by atoms with Crippen LogP contribution in [0.1, 0.15) is 23.7 Å². The molecule has 1 aliphatic rings. The van der Waals surface area contributed by atoms with Crippen molar-refractivity contribution in [2.24, 2.45) is 0 Å². The second kappa shape index (κ2) is 13.4. The van der Waals surface area contributed by atoms with Gasteiger partial charge in [0.15, 0.2) is 11.5 Å². The van der Waals surface area contributed by atoms with Crippen molar-refractivity contribution in [3.8, 4) is 11.5 Å². The summed E-state index contributed by atoms with van der Waals surface area (Å²) in [5.74, 6) is 1.32. The summed E-state index contributed by atoms with van der Waals surface area (Å²) in [7, 11) is 3.23. The van der Waals surface area contributed by atoms with Crippen LogP contribution in [0.2, 0.25) is 0 Å². The van der Waals surface area contributed by atoms with Gasteiger partial charge >= 0.3 is 6.09 Å². The zero-order valence-electron chi connectivity index (χ0n) is 22.0. The van der Waals surface area contributed by atoms with Gasteiger partial charge in [-0.25, -0.2) is 4.79 Å². The van der Waals surface area contributed by atoms with Crippen LogP contribution in [-0.2, 0) is 16.0 Å². The molecule has 0 aromatic heterocycles. The average Bonchev–Trinajstić information content (AvgIpc) is 2.97. The van der Waals surface area contributed by atoms with Gasteiger partial charge in [-0.2, -0.15) is 0 Å². The van der Waals surface area contributed by atoms with Crippen molar-refractivity contribution in [1.29, 1.82) is 0 Å². The molecule has 0 saturated carbocycles. The first-order valence-corrected chi connectivity index (χ1v) is 12.9. The number of amides is 2. The highest BCUT2D eigenvalue weighted by Crippen LogP contribution is 2.32. The molecule has 0 unspecified atom stereocenters. The molecular weight excluding hydrogens is 482 g/mol. The van der Waals surface area contributed by atoms with E-state index in [1.165, 1.54) is 0 Å². The van der Waals surface area contributed by atoms with Crippen molar-refractivity contribution in [2.45, 2.75) is 18.9 Å². The molecule has 2 amide bonds. The topological polar surface area (TPSA) is 80.3 Å². The van der Waals surface area contributed by atoms with Crippen molar-refractivity contribution in [3.63, 3.8) is 0 Å². The van der Waals surface area contributed by atoms with E-state index in [-0.39, 0.29) is 12.3 Å². The largest absolute Gasteiger partial charge is 0.493 e. The van der Waals surface area contributed by atoms with Gasteiger partial charge in [-0.15, -0.1) is 0 Å². The van der Waals surface area contributed by atoms with E-state index < -0.39 is 12.2 Å². The number of benzene rings is 3. The van der Waals surface area contributed by atoms with Crippen molar-refractivity contribution in [2.75, 3.05) is 51.8 Å². The highest BCUT2D eigenvalue weighted by Gasteiger charge is 2.27. The van der Waals surface area contributed by atoms with Gasteiger partial charge in [0.1, 0.15) is 6.10 Å². The first-order chi connectivity index (χ1) is 18.6. The Labute approximate surface area is 224 Å². The van der Waals surface area contributed by atoms with Crippen LogP contribution < -0.4 is 19.7 Å². The fourth-order valence-electron chi connectivity index (χ4n) is 4.54. The zero-order valence-corrected chi connectivity index (χ0v) is 22.0. The molecule has 1 aliphatic heterocycles. The predicted octanol–water partition coefficient (Wildman–Crippen LogP) is 4.45. The minimum absolute atomic E-state index is 0.0390. The first-order valence-electron chi connectivity index (χ1n) is 12.9. The number of nitrogens with one attached hydrogen (secondary N) is 1. The van der Waals surface area contributed by atoms with E-state index in [0.717, 1.165) is 16.8 Å². The van der Waals surface area contributed by atoms with Crippen LogP contribution in [0.15, 0.2) is 78.9 Å². The van der Waals surface area contributed by atoms with Crippen LogP contribution in [0, 0.1) is 0 Å². The van der Waals surface area contributed by atoms with Gasteiger partial charge in [0.25, 0.3) is 0 Å². The average molecular weight is 518 g/mol. The Balaban J connectivity index is 1.32. The molecule has 1 fully saturated rings. The summed E-state index contributed by atoms with van der Waals surface area (Å²) in [4.78, 5) is 29.9. The molecule has 0 spiro atoms. The highest BCUT2D eigenvalue weighted by molar-refractivity contribution is 5.78. The molecule has 1 heterocycles. The van der Waals surface area contributed by atoms with Gasteiger partial charge in [-0.1, -0.05) is 60.7 Å². The summed E-state index contributed by atoms with van der Waals surface area (Å²) in [5.41, 5.74) is 2.95. The smallest absolute Gasteiger partial charge is 0.407 e. The number of nitrogens with zero attached hydrogens (tertiary/aromatic N) is 2. The number of anilines is 1. The number of alkyl carbamates (subject to hydrolysis) is 1. The molecule has 8 nitrogen and oxygen atoms in total. The maximum atomic E-state index is 13.2. The molecule has 4 rings (SSSR count). The van der Waals surface area contributed by atoms with Crippen molar-refractivity contribution in [3.05, 3.63) is 90.0 Å². The number of hydrogen-bond donors (Lipinski definition) is 1. The fraction of sp³-hybridized carbons (Fsp3) is 0.333. The minimum Gasteiger partial charge on any atom is -0.493 e. The number of carbonyl (C=O) groups excluding carboxylic acids is 2. The van der Waals surface area contributed by atoms with Gasteiger partial charge in [0.05, 0.1) is 20.6 Å². The molecule has 3 aromatic rings. The third-order valence-electron chi connectivity index (χ3n) is 6.67. The van der Waals surface area contributed by atoms with E-state index in [4.69, 9.17) is 14.2 Å². The molecule has 8 heteroatoms. The van der Waals surface area contributed by atoms with Crippen LogP contribution >= 0.6 is 0 Å². The van der Waals surface area contributed by atoms with Crippen LogP contribution in [0.25, 0.3) is 0 Å². The third kappa shape index (κ3) is 7.18. The molecule has 0 bridgehead atoms. The van der Waals surface area contributed by atoms with Gasteiger partial charge in [-0.3, -0.25) is 4.79 Å². The van der Waals surface area contributed by atoms with Gasteiger partial charge in [0.2, 0.25) is 5.91 Å². The number of carbonyl (C=O) groups is 2. The Morgan fingerprint density at radius 2 is 1.50 bits per heavy atom. The van der Waals surface area contributed by atoms with Crippen LogP contribution in [0.3, 0.4) is 0 Å². The summed E-state index contributed by atoms with van der Waals surface area (Å²) in [6.45, 7) is 3.00. The van der Waals surface area contributed by atoms with E-state index >= 15 is 0 Å². The molecular formula is C30H35N3O5. The Morgan fingerprint density at radius 1 is 0.842 bits per heavy atom. The van der Waals surface area contributed by atoms with E-state index in [0.29, 0.717) is 50.6 Å². The third-order valence-corrected chi connectivity index (χ3v) is 6.67. The number of piperazine rings is 1. The quantitative estimate of drug-likeness (QED) is 0.428. The highest BCUT2D eigenvalue weighted by atomic mass is 16.6. The van der Waals surface area contributed by atoms with E-state index in [1.807, 2.05) is 83.8 Å². The van der Waals surface area contributed by atoms with Crippen molar-refractivity contribution in [1.82, 2.24) is 10.2 Å². The fourth-order valence-corrected chi connectivity index (χ4v) is 4.54. The predicted molar refractivity (Wildman–Crippen MR) is 147 cm³/mol. The first kappa shape index (κ1) is 26.9. The zero-order chi connectivity index (χ0) is 26.7. The SMILES string of the molecule is COc1ccc(N2CCN(C(=O)C[C@@H](OC(=O)NCCc3ccccc3)c3ccccc3)CC2)cc1OC. The van der Waals surface area contributed by atoms with Gasteiger partial charge in [-0.05, 0) is 29.7 Å². The maximum Gasteiger partial charge on any atom is 0.407 e. The Morgan fingerprint density at radius 3 is 2.16 bits per heavy atom. The molecule has 0 radical (unpaired) electrons. The lowest BCUT2D eigenvalue weighted by Gasteiger charge is -2.36. The molecule has 0 aliphatic carbocycles. The van der Waals surface area contributed by atoms with Gasteiger partial charge < -0.3 is 29.3 Å². The Kier molecular flexibility index (Phi) is 9.45. The number of methoxy groups -OCH3 is 2. The molecule has 1 saturated heterocycles. The summed E-state index contributed by atoms with van der Waals surface area (Å²) in [6, 6.07) is 25.2. The van der Waals surface area contributed by atoms with Crippen molar-refractivity contribution >= 4 is 17.7 Å². The Bertz CT molecular complexity index is 1180. The van der Waals surface area contributed by atoms with Crippen molar-refractivity contribution < 1.29 is 23.8 Å². The summed E-state index contributed by atoms with van der Waals surface area (Å²) >= 11 is 0. The number of hydrogen-bond acceptors (Lipinski definition) is 6. The maximum absolute atomic E-state index is 13.2. The minimum atomic E-state index is -0.663. The number of rotatable bonds is 10.